The lowest BCUT2D eigenvalue weighted by atomic mass is 10.1. The van der Waals surface area contributed by atoms with Crippen LogP contribution < -0.4 is 10.9 Å². The molecule has 31 heavy (non-hydrogen) atoms. The quantitative estimate of drug-likeness (QED) is 0.277. The van der Waals surface area contributed by atoms with Crippen LogP contribution in [0.3, 0.4) is 0 Å². The Morgan fingerprint density at radius 1 is 0.903 bits per heavy atom. The van der Waals surface area contributed by atoms with Crippen LogP contribution in [0.15, 0.2) is 54.6 Å². The van der Waals surface area contributed by atoms with Crippen molar-refractivity contribution in [2.75, 3.05) is 6.61 Å². The predicted molar refractivity (Wildman–Crippen MR) is 122 cm³/mol. The Balaban J connectivity index is 1.30. The van der Waals surface area contributed by atoms with Crippen LogP contribution in [0.4, 0.5) is 0 Å². The number of rotatable bonds is 9. The van der Waals surface area contributed by atoms with Gasteiger partial charge in [0.2, 0.25) is 5.91 Å². The number of hydrogen-bond acceptors (Lipinski definition) is 5. The molecular formula is C23H23ClN2O4S. The molecular weight excluding hydrogens is 436 g/mol. The van der Waals surface area contributed by atoms with Crippen molar-refractivity contribution in [1.29, 1.82) is 0 Å². The Bertz CT molecular complexity index is 1050. The van der Waals surface area contributed by atoms with E-state index in [9.17, 15) is 14.4 Å². The zero-order valence-electron chi connectivity index (χ0n) is 16.9. The van der Waals surface area contributed by atoms with Gasteiger partial charge in [0.15, 0.2) is 0 Å². The molecule has 6 nitrogen and oxygen atoms in total. The number of carbonyl (C=O) groups is 3. The highest BCUT2D eigenvalue weighted by Gasteiger charge is 2.17. The third kappa shape index (κ3) is 6.80. The fraction of sp³-hybridized carbons (Fsp3) is 0.261. The van der Waals surface area contributed by atoms with Gasteiger partial charge in [-0.15, -0.1) is 11.3 Å². The summed E-state index contributed by atoms with van der Waals surface area (Å²) in [6, 6.07) is 17.4. The average molecular weight is 459 g/mol. The summed E-state index contributed by atoms with van der Waals surface area (Å²) in [5, 5.41) is 1.16. The van der Waals surface area contributed by atoms with Crippen LogP contribution >= 0.6 is 22.9 Å². The van der Waals surface area contributed by atoms with Crippen LogP contribution in [0.1, 0.15) is 40.9 Å². The van der Waals surface area contributed by atoms with Gasteiger partial charge in [0.1, 0.15) is 4.88 Å². The lowest BCUT2D eigenvalue weighted by Gasteiger charge is -2.07. The van der Waals surface area contributed by atoms with Crippen LogP contribution in [0, 0.1) is 0 Å². The zero-order chi connectivity index (χ0) is 22.1. The number of ether oxygens (including phenoxy) is 1. The van der Waals surface area contributed by atoms with Crippen LogP contribution in [-0.2, 0) is 20.7 Å². The van der Waals surface area contributed by atoms with Gasteiger partial charge >= 0.3 is 5.97 Å². The minimum Gasteiger partial charge on any atom is -0.466 e. The van der Waals surface area contributed by atoms with E-state index in [1.807, 2.05) is 54.6 Å². The topological polar surface area (TPSA) is 84.5 Å². The summed E-state index contributed by atoms with van der Waals surface area (Å²) in [5.41, 5.74) is 5.92. The predicted octanol–water partition coefficient (Wildman–Crippen LogP) is 4.66. The number of benzene rings is 2. The van der Waals surface area contributed by atoms with E-state index in [1.54, 1.807) is 0 Å². The second kappa shape index (κ2) is 11.5. The van der Waals surface area contributed by atoms with Gasteiger partial charge in [0.05, 0.1) is 11.6 Å². The Morgan fingerprint density at radius 2 is 1.65 bits per heavy atom. The van der Waals surface area contributed by atoms with Crippen molar-refractivity contribution in [1.82, 2.24) is 10.9 Å². The number of nitrogens with one attached hydrogen (secondary N) is 2. The minimum absolute atomic E-state index is 0.0968. The van der Waals surface area contributed by atoms with Crippen molar-refractivity contribution in [2.24, 2.45) is 0 Å². The van der Waals surface area contributed by atoms with Crippen molar-refractivity contribution in [2.45, 2.75) is 32.1 Å². The summed E-state index contributed by atoms with van der Waals surface area (Å²) in [4.78, 5) is 36.3. The first-order valence-corrected chi connectivity index (χ1v) is 11.2. The van der Waals surface area contributed by atoms with Gasteiger partial charge in [-0.3, -0.25) is 25.2 Å². The number of esters is 1. The molecule has 0 unspecified atom stereocenters. The van der Waals surface area contributed by atoms with E-state index in [0.717, 1.165) is 22.9 Å². The molecule has 0 atom stereocenters. The number of hydrogen-bond donors (Lipinski definition) is 2. The van der Waals surface area contributed by atoms with Crippen molar-refractivity contribution in [3.63, 3.8) is 0 Å². The molecule has 1 heterocycles. The first-order valence-electron chi connectivity index (χ1n) is 10.0. The van der Waals surface area contributed by atoms with E-state index in [1.165, 1.54) is 16.9 Å². The van der Waals surface area contributed by atoms with Gasteiger partial charge in [0, 0.05) is 22.9 Å². The normalized spacial score (nSPS) is 10.6. The first kappa shape index (κ1) is 22.8. The van der Waals surface area contributed by atoms with E-state index in [2.05, 4.69) is 10.9 Å². The number of hydrazine groups is 1. The molecule has 0 radical (unpaired) electrons. The SMILES string of the molecule is O=C(CCCC(=O)OCCCc1ccccc1)NNC(=O)c1sc2ccccc2c1Cl. The molecule has 2 N–H and O–H groups in total. The Kier molecular flexibility index (Phi) is 8.44. The maximum Gasteiger partial charge on any atom is 0.305 e. The van der Waals surface area contributed by atoms with Gasteiger partial charge in [-0.2, -0.15) is 0 Å². The molecule has 0 saturated heterocycles. The van der Waals surface area contributed by atoms with Crippen molar-refractivity contribution in [3.8, 4) is 0 Å². The zero-order valence-corrected chi connectivity index (χ0v) is 18.4. The first-order chi connectivity index (χ1) is 15.0. The Hall–Kier alpha value is -2.90. The minimum atomic E-state index is -0.475. The van der Waals surface area contributed by atoms with Gasteiger partial charge < -0.3 is 4.74 Å². The highest BCUT2D eigenvalue weighted by Crippen LogP contribution is 2.34. The van der Waals surface area contributed by atoms with E-state index >= 15 is 0 Å². The second-order valence-corrected chi connectivity index (χ2v) is 8.34. The molecule has 3 aromatic rings. The molecule has 8 heteroatoms. The van der Waals surface area contributed by atoms with Crippen molar-refractivity contribution >= 4 is 50.8 Å². The van der Waals surface area contributed by atoms with Gasteiger partial charge in [-0.25, -0.2) is 0 Å². The lowest BCUT2D eigenvalue weighted by Crippen LogP contribution is -2.41. The fourth-order valence-corrected chi connectivity index (χ4v) is 4.39. The van der Waals surface area contributed by atoms with Gasteiger partial charge in [0.25, 0.3) is 5.91 Å². The number of amides is 2. The summed E-state index contributed by atoms with van der Waals surface area (Å²) >= 11 is 7.52. The van der Waals surface area contributed by atoms with Crippen molar-refractivity contribution in [3.05, 3.63) is 70.1 Å². The van der Waals surface area contributed by atoms with E-state index < -0.39 is 5.91 Å². The monoisotopic (exact) mass is 458 g/mol. The number of thiophene rings is 1. The van der Waals surface area contributed by atoms with E-state index in [4.69, 9.17) is 16.3 Å². The van der Waals surface area contributed by atoms with Crippen LogP contribution in [0.5, 0.6) is 0 Å². The summed E-state index contributed by atoms with van der Waals surface area (Å²) in [6.45, 7) is 0.353. The second-order valence-electron chi connectivity index (χ2n) is 6.91. The number of fused-ring (bicyclic) bond motifs is 1. The molecule has 3 rings (SSSR count). The summed E-state index contributed by atoms with van der Waals surface area (Å²) < 4.78 is 6.08. The molecule has 1 aromatic heterocycles. The Labute approximate surface area is 189 Å². The van der Waals surface area contributed by atoms with Crippen LogP contribution in [-0.4, -0.2) is 24.4 Å². The maximum atomic E-state index is 12.3. The Morgan fingerprint density at radius 3 is 2.42 bits per heavy atom. The van der Waals surface area contributed by atoms with Crippen LogP contribution in [0.2, 0.25) is 5.02 Å². The lowest BCUT2D eigenvalue weighted by molar-refractivity contribution is -0.143. The summed E-state index contributed by atoms with van der Waals surface area (Å²) in [6.07, 6.45) is 2.18. The largest absolute Gasteiger partial charge is 0.466 e. The molecule has 0 spiro atoms. The van der Waals surface area contributed by atoms with Gasteiger partial charge in [-0.1, -0.05) is 60.1 Å². The third-order valence-corrected chi connectivity index (χ3v) is 6.23. The molecule has 0 bridgehead atoms. The molecule has 162 valence electrons. The maximum absolute atomic E-state index is 12.3. The average Bonchev–Trinajstić information content (AvgIpc) is 3.12. The van der Waals surface area contributed by atoms with Crippen molar-refractivity contribution < 1.29 is 19.1 Å². The van der Waals surface area contributed by atoms with E-state index in [-0.39, 0.29) is 24.7 Å². The highest BCUT2D eigenvalue weighted by molar-refractivity contribution is 7.21. The molecule has 0 aliphatic heterocycles. The highest BCUT2D eigenvalue weighted by atomic mass is 35.5. The van der Waals surface area contributed by atoms with Gasteiger partial charge in [-0.05, 0) is 30.9 Å². The summed E-state index contributed by atoms with van der Waals surface area (Å²) in [5.74, 6) is -1.19. The fourth-order valence-electron chi connectivity index (χ4n) is 2.98. The standard InChI is InChI=1S/C23H23ClN2O4S/c24-21-17-11-4-5-12-18(17)31-22(21)23(29)26-25-19(27)13-6-14-20(28)30-15-7-10-16-8-2-1-3-9-16/h1-5,8-9,11-12H,6-7,10,13-15H2,(H,25,27)(H,26,29). The van der Waals surface area contributed by atoms with Crippen LogP contribution in [0.25, 0.3) is 10.1 Å². The third-order valence-electron chi connectivity index (χ3n) is 4.56. The van der Waals surface area contributed by atoms with E-state index in [0.29, 0.717) is 22.9 Å². The molecule has 0 aliphatic rings. The molecule has 2 amide bonds. The molecule has 0 saturated carbocycles. The number of halogens is 1. The summed E-state index contributed by atoms with van der Waals surface area (Å²) in [7, 11) is 0. The smallest absolute Gasteiger partial charge is 0.305 e. The molecule has 2 aromatic carbocycles. The molecule has 0 fully saturated rings. The number of aryl methyl sites for hydroxylation is 1. The molecule has 0 aliphatic carbocycles. The number of carbonyl (C=O) groups excluding carboxylic acids is 3.